The molecule has 3 rings (SSSR count). The van der Waals surface area contributed by atoms with E-state index in [0.29, 0.717) is 17.8 Å². The second-order valence-electron chi connectivity index (χ2n) is 5.18. The van der Waals surface area contributed by atoms with Gasteiger partial charge in [-0.25, -0.2) is 4.68 Å². The largest absolute Gasteiger partial charge is 0.390 e. The first-order valence-electron chi connectivity index (χ1n) is 6.56. The molecule has 0 saturated carbocycles. The number of aliphatic hydroxyl groups excluding tert-OH is 1. The molecule has 0 aliphatic carbocycles. The van der Waals surface area contributed by atoms with Gasteiger partial charge in [0.15, 0.2) is 5.78 Å². The summed E-state index contributed by atoms with van der Waals surface area (Å²) in [6.07, 6.45) is 5.86. The number of hydrogen-bond acceptors (Lipinski definition) is 4. The minimum absolute atomic E-state index is 0.00648. The van der Waals surface area contributed by atoms with Gasteiger partial charge in [0.2, 0.25) is 0 Å². The van der Waals surface area contributed by atoms with E-state index in [1.54, 1.807) is 16.9 Å². The van der Waals surface area contributed by atoms with Crippen LogP contribution in [0.2, 0.25) is 0 Å². The van der Waals surface area contributed by atoms with E-state index in [2.05, 4.69) is 24.0 Å². The minimum Gasteiger partial charge on any atom is -0.390 e. The van der Waals surface area contributed by atoms with Gasteiger partial charge in [-0.05, 0) is 25.5 Å². The molecule has 1 N–H and O–H groups in total. The van der Waals surface area contributed by atoms with E-state index in [0.717, 1.165) is 11.1 Å². The normalized spacial score (nSPS) is 14.6. The SMILES string of the molecule is CC(C)n1cc(C2=Cn3nc(CO)cc3C(=O)C2)cn1. The maximum Gasteiger partial charge on any atom is 0.185 e. The number of carbonyl (C=O) groups is 1. The van der Waals surface area contributed by atoms with Gasteiger partial charge in [0.25, 0.3) is 0 Å². The molecule has 0 spiro atoms. The van der Waals surface area contributed by atoms with E-state index in [-0.39, 0.29) is 18.4 Å². The molecule has 0 unspecified atom stereocenters. The van der Waals surface area contributed by atoms with Crippen LogP contribution >= 0.6 is 0 Å². The molecule has 6 heteroatoms. The highest BCUT2D eigenvalue weighted by Gasteiger charge is 2.22. The molecule has 1 aliphatic heterocycles. The van der Waals surface area contributed by atoms with E-state index >= 15 is 0 Å². The van der Waals surface area contributed by atoms with Crippen LogP contribution in [0, 0.1) is 0 Å². The van der Waals surface area contributed by atoms with Crippen molar-refractivity contribution >= 4 is 17.6 Å². The monoisotopic (exact) mass is 272 g/mol. The van der Waals surface area contributed by atoms with Crippen LogP contribution in [0.5, 0.6) is 0 Å². The number of Topliss-reactive ketones (excluding diaryl/α,β-unsaturated/α-hetero) is 1. The van der Waals surface area contributed by atoms with Gasteiger partial charge in [0.1, 0.15) is 5.69 Å². The summed E-state index contributed by atoms with van der Waals surface area (Å²) in [5.74, 6) is 0.00648. The molecule has 6 nitrogen and oxygen atoms in total. The molecule has 0 radical (unpaired) electrons. The third-order valence-electron chi connectivity index (χ3n) is 3.36. The van der Waals surface area contributed by atoms with Gasteiger partial charge in [-0.15, -0.1) is 0 Å². The number of fused-ring (bicyclic) bond motifs is 1. The number of carbonyl (C=O) groups excluding carboxylic acids is 1. The van der Waals surface area contributed by atoms with Crippen LogP contribution in [-0.4, -0.2) is 30.5 Å². The molecule has 0 amide bonds. The first-order chi connectivity index (χ1) is 9.58. The molecule has 1 aliphatic rings. The Balaban J connectivity index is 2.00. The van der Waals surface area contributed by atoms with E-state index < -0.39 is 0 Å². The van der Waals surface area contributed by atoms with Crippen LogP contribution in [0.15, 0.2) is 18.5 Å². The van der Waals surface area contributed by atoms with Gasteiger partial charge in [-0.2, -0.15) is 10.2 Å². The van der Waals surface area contributed by atoms with Crippen LogP contribution in [0.25, 0.3) is 11.8 Å². The molecular formula is C14H16N4O2. The first kappa shape index (κ1) is 12.8. The zero-order valence-corrected chi connectivity index (χ0v) is 11.4. The van der Waals surface area contributed by atoms with Crippen molar-refractivity contribution in [2.75, 3.05) is 0 Å². The number of nitrogens with zero attached hydrogens (tertiary/aromatic N) is 4. The van der Waals surface area contributed by atoms with Gasteiger partial charge in [0.05, 0.1) is 18.5 Å². The zero-order chi connectivity index (χ0) is 14.3. The Kier molecular flexibility index (Phi) is 3.02. The Bertz CT molecular complexity index is 694. The highest BCUT2D eigenvalue weighted by molar-refractivity contribution is 6.06. The lowest BCUT2D eigenvalue weighted by molar-refractivity contribution is 0.0989. The van der Waals surface area contributed by atoms with Gasteiger partial charge in [-0.3, -0.25) is 9.48 Å². The smallest absolute Gasteiger partial charge is 0.185 e. The molecule has 104 valence electrons. The fraction of sp³-hybridized carbons (Fsp3) is 0.357. The number of hydrogen-bond donors (Lipinski definition) is 1. The molecule has 3 heterocycles. The third-order valence-corrected chi connectivity index (χ3v) is 3.36. The molecule has 0 atom stereocenters. The minimum atomic E-state index is -0.165. The Morgan fingerprint density at radius 1 is 1.45 bits per heavy atom. The highest BCUT2D eigenvalue weighted by atomic mass is 16.3. The van der Waals surface area contributed by atoms with E-state index in [4.69, 9.17) is 5.11 Å². The van der Waals surface area contributed by atoms with E-state index in [1.807, 2.05) is 17.1 Å². The Morgan fingerprint density at radius 3 is 2.90 bits per heavy atom. The summed E-state index contributed by atoms with van der Waals surface area (Å²) in [6.45, 7) is 3.94. The molecule has 0 fully saturated rings. The maximum absolute atomic E-state index is 12.1. The Morgan fingerprint density at radius 2 is 2.25 bits per heavy atom. The summed E-state index contributed by atoms with van der Waals surface area (Å²) in [7, 11) is 0. The zero-order valence-electron chi connectivity index (χ0n) is 11.4. The van der Waals surface area contributed by atoms with Crippen molar-refractivity contribution in [3.05, 3.63) is 35.4 Å². The second-order valence-corrected chi connectivity index (χ2v) is 5.18. The van der Waals surface area contributed by atoms with E-state index in [1.165, 1.54) is 0 Å². The van der Waals surface area contributed by atoms with Gasteiger partial charge in [0, 0.05) is 30.4 Å². The number of aliphatic hydroxyl groups is 1. The standard InChI is InChI=1S/C14H16N4O2/c1-9(2)17-7-11(5-15-17)10-3-14(20)13-4-12(8-19)16-18(13)6-10/h4-7,9,19H,3,8H2,1-2H3. The molecule has 2 aromatic heterocycles. The van der Waals surface area contributed by atoms with Crippen LogP contribution in [0.3, 0.4) is 0 Å². The summed E-state index contributed by atoms with van der Waals surface area (Å²) < 4.78 is 3.40. The first-order valence-corrected chi connectivity index (χ1v) is 6.56. The van der Waals surface area contributed by atoms with Gasteiger partial charge < -0.3 is 5.11 Å². The average molecular weight is 272 g/mol. The van der Waals surface area contributed by atoms with Crippen LogP contribution in [0.1, 0.15) is 48.1 Å². The van der Waals surface area contributed by atoms with Crippen molar-refractivity contribution in [3.63, 3.8) is 0 Å². The lowest BCUT2D eigenvalue weighted by Crippen LogP contribution is -2.12. The fourth-order valence-corrected chi connectivity index (χ4v) is 2.25. The van der Waals surface area contributed by atoms with Crippen molar-refractivity contribution in [3.8, 4) is 0 Å². The summed E-state index contributed by atoms with van der Waals surface area (Å²) in [4.78, 5) is 12.1. The maximum atomic E-state index is 12.1. The number of allylic oxidation sites excluding steroid dienone is 1. The summed E-state index contributed by atoms with van der Waals surface area (Å²) in [5.41, 5.74) is 2.85. The Labute approximate surface area is 116 Å². The number of aromatic nitrogens is 4. The number of ketones is 1. The second kappa shape index (κ2) is 4.72. The lowest BCUT2D eigenvalue weighted by Gasteiger charge is -2.12. The predicted octanol–water partition coefficient (Wildman–Crippen LogP) is 1.74. The quantitative estimate of drug-likeness (QED) is 0.923. The summed E-state index contributed by atoms with van der Waals surface area (Å²) in [5, 5.41) is 17.6. The van der Waals surface area contributed by atoms with Crippen molar-refractivity contribution in [2.24, 2.45) is 0 Å². The van der Waals surface area contributed by atoms with E-state index in [9.17, 15) is 4.79 Å². The molecule has 0 saturated heterocycles. The third kappa shape index (κ3) is 2.08. The molecule has 2 aromatic rings. The Hall–Kier alpha value is -2.21. The summed E-state index contributed by atoms with van der Waals surface area (Å²) >= 11 is 0. The average Bonchev–Trinajstić information content (AvgIpc) is 3.05. The predicted molar refractivity (Wildman–Crippen MR) is 73.9 cm³/mol. The van der Waals surface area contributed by atoms with Crippen molar-refractivity contribution in [1.82, 2.24) is 19.6 Å². The topological polar surface area (TPSA) is 72.9 Å². The van der Waals surface area contributed by atoms with Gasteiger partial charge >= 0.3 is 0 Å². The fourth-order valence-electron chi connectivity index (χ4n) is 2.25. The van der Waals surface area contributed by atoms with Crippen LogP contribution in [-0.2, 0) is 6.61 Å². The molecule has 20 heavy (non-hydrogen) atoms. The van der Waals surface area contributed by atoms with Crippen LogP contribution < -0.4 is 0 Å². The molecular weight excluding hydrogens is 256 g/mol. The molecule has 0 aromatic carbocycles. The van der Waals surface area contributed by atoms with Crippen LogP contribution in [0.4, 0.5) is 0 Å². The molecule has 0 bridgehead atoms. The van der Waals surface area contributed by atoms with Crippen molar-refractivity contribution < 1.29 is 9.90 Å². The highest BCUT2D eigenvalue weighted by Crippen LogP contribution is 2.27. The van der Waals surface area contributed by atoms with Crippen molar-refractivity contribution in [2.45, 2.75) is 32.9 Å². The lowest BCUT2D eigenvalue weighted by atomic mass is 10.0. The number of rotatable bonds is 3. The summed E-state index contributed by atoms with van der Waals surface area (Å²) in [6, 6.07) is 1.91. The van der Waals surface area contributed by atoms with Crippen molar-refractivity contribution in [1.29, 1.82) is 0 Å². The van der Waals surface area contributed by atoms with Gasteiger partial charge in [-0.1, -0.05) is 0 Å².